The molecule has 0 spiro atoms. The average molecular weight is 477 g/mol. The number of rotatable bonds is 4. The van der Waals surface area contributed by atoms with Crippen molar-refractivity contribution in [3.63, 3.8) is 0 Å². The number of para-hydroxylation sites is 1. The molecule has 0 radical (unpaired) electrons. The topological polar surface area (TPSA) is 111 Å². The molecular formula is C24H21ClN6O3. The summed E-state index contributed by atoms with van der Waals surface area (Å²) in [5.74, 6) is -0.745. The van der Waals surface area contributed by atoms with Gasteiger partial charge >= 0.3 is 11.9 Å². The van der Waals surface area contributed by atoms with E-state index in [2.05, 4.69) is 20.5 Å². The van der Waals surface area contributed by atoms with Gasteiger partial charge in [0.2, 0.25) is 5.82 Å². The molecule has 2 N–H and O–H groups in total. The Bertz CT molecular complexity index is 1350. The van der Waals surface area contributed by atoms with Gasteiger partial charge in [0, 0.05) is 11.6 Å². The second-order valence-corrected chi connectivity index (χ2v) is 8.54. The summed E-state index contributed by atoms with van der Waals surface area (Å²) in [6.07, 6.45) is 1.46. The summed E-state index contributed by atoms with van der Waals surface area (Å²) in [6.45, 7) is 2.30. The van der Waals surface area contributed by atoms with Gasteiger partial charge in [0.05, 0.1) is 23.0 Å². The molecule has 3 aromatic rings. The molecule has 172 valence electrons. The lowest BCUT2D eigenvalue weighted by atomic mass is 10.0. The van der Waals surface area contributed by atoms with Crippen molar-refractivity contribution in [3.8, 4) is 0 Å². The van der Waals surface area contributed by atoms with Crippen molar-refractivity contribution in [2.75, 3.05) is 11.4 Å². The molecule has 0 saturated carbocycles. The van der Waals surface area contributed by atoms with Gasteiger partial charge in [0.25, 0.3) is 5.56 Å². The number of halogens is 1. The Morgan fingerprint density at radius 3 is 2.62 bits per heavy atom. The lowest BCUT2D eigenvalue weighted by Crippen LogP contribution is -2.48. The number of amides is 3. The molecule has 0 aliphatic carbocycles. The number of fused-ring (bicyclic) bond motifs is 3. The van der Waals surface area contributed by atoms with Crippen LogP contribution in [0.4, 0.5) is 16.3 Å². The van der Waals surface area contributed by atoms with Crippen molar-refractivity contribution in [2.24, 2.45) is 5.10 Å². The molecule has 3 amide bonds. The van der Waals surface area contributed by atoms with Gasteiger partial charge in [-0.3, -0.25) is 9.59 Å². The number of nitrogens with one attached hydrogen (secondary N) is 2. The Kier molecular flexibility index (Phi) is 5.62. The summed E-state index contributed by atoms with van der Waals surface area (Å²) in [7, 11) is 0. The Morgan fingerprint density at radius 1 is 1.15 bits per heavy atom. The maximum atomic E-state index is 13.3. The number of hydrogen-bond donors (Lipinski definition) is 2. The molecule has 5 rings (SSSR count). The summed E-state index contributed by atoms with van der Waals surface area (Å²) < 4.78 is 0. The van der Waals surface area contributed by atoms with Crippen molar-refractivity contribution < 1.29 is 9.59 Å². The van der Waals surface area contributed by atoms with E-state index in [-0.39, 0.29) is 23.7 Å². The van der Waals surface area contributed by atoms with E-state index in [4.69, 9.17) is 11.6 Å². The van der Waals surface area contributed by atoms with Crippen molar-refractivity contribution >= 4 is 40.8 Å². The maximum absolute atomic E-state index is 13.3. The van der Waals surface area contributed by atoms with E-state index >= 15 is 0 Å². The minimum absolute atomic E-state index is 0.173. The third-order valence-electron chi connectivity index (χ3n) is 5.99. The summed E-state index contributed by atoms with van der Waals surface area (Å²) in [6, 6.07) is 15.4. The van der Waals surface area contributed by atoms with E-state index in [1.54, 1.807) is 60.4 Å². The Labute approximate surface area is 200 Å². The highest BCUT2D eigenvalue weighted by Crippen LogP contribution is 2.42. The van der Waals surface area contributed by atoms with Crippen LogP contribution in [0.1, 0.15) is 47.6 Å². The van der Waals surface area contributed by atoms with E-state index in [0.717, 1.165) is 12.0 Å². The number of anilines is 2. The summed E-state index contributed by atoms with van der Waals surface area (Å²) >= 11 is 5.91. The quantitative estimate of drug-likeness (QED) is 0.438. The second kappa shape index (κ2) is 8.75. The fraction of sp³-hybridized carbons (Fsp3) is 0.208. The van der Waals surface area contributed by atoms with Crippen LogP contribution in [-0.2, 0) is 0 Å². The third kappa shape index (κ3) is 3.84. The van der Waals surface area contributed by atoms with Gasteiger partial charge in [-0.25, -0.2) is 20.1 Å². The zero-order chi connectivity index (χ0) is 23.8. The van der Waals surface area contributed by atoms with E-state index < -0.39 is 11.5 Å². The molecule has 10 heteroatoms. The van der Waals surface area contributed by atoms with Gasteiger partial charge in [-0.15, -0.1) is 0 Å². The minimum atomic E-state index is -0.692. The largest absolute Gasteiger partial charge is 0.330 e. The van der Waals surface area contributed by atoms with Crippen molar-refractivity contribution in [1.29, 1.82) is 0 Å². The van der Waals surface area contributed by atoms with Gasteiger partial charge in [0.1, 0.15) is 0 Å². The molecule has 2 aliphatic rings. The number of carbonyl (C=O) groups excluding carboxylic acids is 2. The zero-order valence-electron chi connectivity index (χ0n) is 18.3. The van der Waals surface area contributed by atoms with Crippen LogP contribution < -0.4 is 15.9 Å². The monoisotopic (exact) mass is 476 g/mol. The molecule has 1 fully saturated rings. The van der Waals surface area contributed by atoms with Gasteiger partial charge in [0.15, 0.2) is 5.82 Å². The number of hydrazone groups is 1. The Balaban J connectivity index is 1.52. The van der Waals surface area contributed by atoms with Gasteiger partial charge in [-0.2, -0.15) is 5.10 Å². The van der Waals surface area contributed by atoms with Crippen LogP contribution in [0, 0.1) is 0 Å². The molecule has 2 aliphatic heterocycles. The molecule has 1 atom stereocenters. The van der Waals surface area contributed by atoms with E-state index in [9.17, 15) is 14.4 Å². The number of nitrogens with zero attached hydrogens (tertiary/aromatic N) is 4. The number of aromatic amines is 1. The van der Waals surface area contributed by atoms with Crippen LogP contribution >= 0.6 is 11.6 Å². The minimum Gasteiger partial charge on any atom is -0.317 e. The molecular weight excluding hydrogens is 456 g/mol. The highest BCUT2D eigenvalue weighted by atomic mass is 35.5. The fourth-order valence-corrected chi connectivity index (χ4v) is 4.44. The predicted molar refractivity (Wildman–Crippen MR) is 129 cm³/mol. The predicted octanol–water partition coefficient (Wildman–Crippen LogP) is 3.99. The number of urea groups is 1. The van der Waals surface area contributed by atoms with Gasteiger partial charge in [-0.05, 0) is 49.6 Å². The van der Waals surface area contributed by atoms with Gasteiger partial charge < -0.3 is 9.88 Å². The lowest BCUT2D eigenvalue weighted by Gasteiger charge is -2.37. The summed E-state index contributed by atoms with van der Waals surface area (Å²) in [5.41, 5.74) is 4.26. The van der Waals surface area contributed by atoms with Crippen molar-refractivity contribution in [1.82, 2.24) is 20.3 Å². The Hall–Kier alpha value is -3.98. The summed E-state index contributed by atoms with van der Waals surface area (Å²) in [4.78, 5) is 49.4. The molecule has 1 saturated heterocycles. The normalized spacial score (nSPS) is 17.4. The molecule has 0 bridgehead atoms. The van der Waals surface area contributed by atoms with E-state index in [0.29, 0.717) is 35.0 Å². The molecule has 1 aromatic heterocycles. The first-order valence-electron chi connectivity index (χ1n) is 10.8. The Morgan fingerprint density at radius 2 is 1.88 bits per heavy atom. The van der Waals surface area contributed by atoms with Crippen LogP contribution in [0.5, 0.6) is 0 Å². The fourth-order valence-electron chi connectivity index (χ4n) is 4.32. The van der Waals surface area contributed by atoms with Crippen molar-refractivity contribution in [3.05, 3.63) is 86.9 Å². The standard InChI is InChI=1S/C24H21ClN6O3/c1-14(15-9-11-16(25)12-10-15)28-29-23(33)20-26-21-19(22(32)27-20)18-8-5-13-30(18)24(34)31(21)17-6-3-2-4-7-17/h2-4,6-7,9-12,18H,5,8,13H2,1H3,(H,29,33)(H,26,27,32)/b28-14+. The summed E-state index contributed by atoms with van der Waals surface area (Å²) in [5, 5.41) is 4.70. The van der Waals surface area contributed by atoms with Gasteiger partial charge in [-0.1, -0.05) is 41.9 Å². The number of aromatic nitrogens is 2. The van der Waals surface area contributed by atoms with Crippen LogP contribution in [0.15, 0.2) is 64.5 Å². The van der Waals surface area contributed by atoms with E-state index in [1.807, 2.05) is 6.07 Å². The average Bonchev–Trinajstić information content (AvgIpc) is 3.33. The number of benzene rings is 2. The lowest BCUT2D eigenvalue weighted by molar-refractivity contribution is 0.0943. The molecule has 3 heterocycles. The van der Waals surface area contributed by atoms with Crippen LogP contribution in [0.25, 0.3) is 0 Å². The first kappa shape index (κ1) is 21.8. The number of H-pyrrole nitrogens is 1. The number of carbonyl (C=O) groups is 2. The van der Waals surface area contributed by atoms with Crippen molar-refractivity contribution in [2.45, 2.75) is 25.8 Å². The molecule has 2 aromatic carbocycles. The SMILES string of the molecule is C/C(=N\NC(=O)c1nc2c(c(=O)[nH]1)C1CCCN1C(=O)N2c1ccccc1)c1ccc(Cl)cc1. The van der Waals surface area contributed by atoms with E-state index in [1.165, 1.54) is 4.90 Å². The molecule has 34 heavy (non-hydrogen) atoms. The first-order chi connectivity index (χ1) is 16.4. The smallest absolute Gasteiger partial charge is 0.317 e. The zero-order valence-corrected chi connectivity index (χ0v) is 19.0. The van der Waals surface area contributed by atoms with Crippen LogP contribution in [0.2, 0.25) is 5.02 Å². The first-order valence-corrected chi connectivity index (χ1v) is 11.2. The maximum Gasteiger partial charge on any atom is 0.330 e. The molecule has 1 unspecified atom stereocenters. The van der Waals surface area contributed by atoms with Crippen LogP contribution in [-0.4, -0.2) is 39.1 Å². The third-order valence-corrected chi connectivity index (χ3v) is 6.24. The highest BCUT2D eigenvalue weighted by Gasteiger charge is 2.44. The number of hydrogen-bond acceptors (Lipinski definition) is 5. The second-order valence-electron chi connectivity index (χ2n) is 8.10. The highest BCUT2D eigenvalue weighted by molar-refractivity contribution is 6.30. The van der Waals surface area contributed by atoms with Crippen LogP contribution in [0.3, 0.4) is 0 Å². The molecule has 9 nitrogen and oxygen atoms in total.